The van der Waals surface area contributed by atoms with Crippen LogP contribution in [0.25, 0.3) is 28.0 Å². The summed E-state index contributed by atoms with van der Waals surface area (Å²) < 4.78 is 2.01. The number of benzene rings is 3. The smallest absolute Gasteiger partial charge is 0.196 e. The minimum Gasteiger partial charge on any atom is -0.358 e. The molecule has 6 heteroatoms. The molecule has 0 saturated heterocycles. The van der Waals surface area contributed by atoms with Crippen LogP contribution >= 0.6 is 11.8 Å². The van der Waals surface area contributed by atoms with Gasteiger partial charge in [0.15, 0.2) is 16.8 Å². The molecule has 0 aliphatic carbocycles. The summed E-state index contributed by atoms with van der Waals surface area (Å²) >= 11 is 1.41. The van der Waals surface area contributed by atoms with Gasteiger partial charge in [-0.25, -0.2) is 0 Å². The first kappa shape index (κ1) is 19.3. The van der Waals surface area contributed by atoms with E-state index >= 15 is 0 Å². The highest BCUT2D eigenvalue weighted by molar-refractivity contribution is 7.99. The third kappa shape index (κ3) is 3.66. The standard InChI is InChI=1S/C25H20N4OS/c1-17-23(20-14-8-9-15-21(20)26-17)22(30)16-31-25-28-27-24(18-10-4-2-5-11-18)29(25)19-12-6-3-7-13-19/h2-15,26H,16H2,1H3. The van der Waals surface area contributed by atoms with Crippen LogP contribution in [0.2, 0.25) is 0 Å². The summed E-state index contributed by atoms with van der Waals surface area (Å²) in [6, 6.07) is 27.8. The van der Waals surface area contributed by atoms with E-state index in [9.17, 15) is 4.79 Å². The van der Waals surface area contributed by atoms with E-state index in [1.165, 1.54) is 11.8 Å². The average Bonchev–Trinajstić information content (AvgIpc) is 3.39. The molecule has 0 amide bonds. The number of rotatable bonds is 6. The zero-order valence-corrected chi connectivity index (χ0v) is 17.8. The fraction of sp³-hybridized carbons (Fsp3) is 0.0800. The normalized spacial score (nSPS) is 11.1. The monoisotopic (exact) mass is 424 g/mol. The molecule has 0 unspecified atom stereocenters. The van der Waals surface area contributed by atoms with Crippen molar-refractivity contribution in [2.24, 2.45) is 0 Å². The summed E-state index contributed by atoms with van der Waals surface area (Å²) in [6.45, 7) is 1.94. The minimum absolute atomic E-state index is 0.0730. The lowest BCUT2D eigenvalue weighted by atomic mass is 10.1. The van der Waals surface area contributed by atoms with E-state index in [0.29, 0.717) is 5.16 Å². The van der Waals surface area contributed by atoms with Crippen LogP contribution in [0, 0.1) is 6.92 Å². The molecule has 3 aromatic carbocycles. The van der Waals surface area contributed by atoms with Gasteiger partial charge in [-0.2, -0.15) is 0 Å². The highest BCUT2D eigenvalue weighted by Gasteiger charge is 2.20. The highest BCUT2D eigenvalue weighted by atomic mass is 32.2. The molecule has 31 heavy (non-hydrogen) atoms. The molecule has 5 rings (SSSR count). The Hall–Kier alpha value is -3.64. The molecule has 2 heterocycles. The van der Waals surface area contributed by atoms with Crippen LogP contribution < -0.4 is 0 Å². The number of carbonyl (C=O) groups excluding carboxylic acids is 1. The van der Waals surface area contributed by atoms with Crippen LogP contribution in [-0.4, -0.2) is 31.3 Å². The first-order chi connectivity index (χ1) is 15.2. The highest BCUT2D eigenvalue weighted by Crippen LogP contribution is 2.29. The fourth-order valence-corrected chi connectivity index (χ4v) is 4.61. The number of aryl methyl sites for hydroxylation is 1. The van der Waals surface area contributed by atoms with E-state index in [1.54, 1.807) is 0 Å². The van der Waals surface area contributed by atoms with Crippen molar-refractivity contribution in [1.29, 1.82) is 0 Å². The number of H-pyrrole nitrogens is 1. The Morgan fingerprint density at radius 1 is 0.903 bits per heavy atom. The molecule has 0 aliphatic rings. The lowest BCUT2D eigenvalue weighted by Crippen LogP contribution is -2.06. The summed E-state index contributed by atoms with van der Waals surface area (Å²) in [7, 11) is 0. The van der Waals surface area contributed by atoms with Gasteiger partial charge in [0.1, 0.15) is 0 Å². The fourth-order valence-electron chi connectivity index (χ4n) is 3.79. The maximum absolute atomic E-state index is 13.1. The molecule has 0 spiro atoms. The van der Waals surface area contributed by atoms with Crippen molar-refractivity contribution in [2.45, 2.75) is 12.1 Å². The molecular formula is C25H20N4OS. The molecule has 152 valence electrons. The van der Waals surface area contributed by atoms with Gasteiger partial charge in [-0.3, -0.25) is 9.36 Å². The molecule has 0 saturated carbocycles. The SMILES string of the molecule is Cc1[nH]c2ccccc2c1C(=O)CSc1nnc(-c2ccccc2)n1-c1ccccc1. The largest absolute Gasteiger partial charge is 0.358 e. The Labute approximate surface area is 184 Å². The van der Waals surface area contributed by atoms with Gasteiger partial charge in [0.2, 0.25) is 0 Å². The van der Waals surface area contributed by atoms with Crippen molar-refractivity contribution in [3.05, 3.63) is 96.2 Å². The maximum Gasteiger partial charge on any atom is 0.196 e. The molecule has 0 radical (unpaired) electrons. The summed E-state index contributed by atoms with van der Waals surface area (Å²) in [5, 5.41) is 10.5. The predicted molar refractivity (Wildman–Crippen MR) is 125 cm³/mol. The van der Waals surface area contributed by atoms with E-state index in [4.69, 9.17) is 0 Å². The number of aromatic amines is 1. The van der Waals surface area contributed by atoms with Crippen molar-refractivity contribution in [1.82, 2.24) is 19.7 Å². The molecule has 1 N–H and O–H groups in total. The van der Waals surface area contributed by atoms with Gasteiger partial charge in [-0.05, 0) is 25.1 Å². The number of fused-ring (bicyclic) bond motifs is 1. The Bertz CT molecular complexity index is 1360. The van der Waals surface area contributed by atoms with Crippen molar-refractivity contribution in [3.8, 4) is 17.1 Å². The number of nitrogens with one attached hydrogen (secondary N) is 1. The van der Waals surface area contributed by atoms with Crippen LogP contribution in [0.5, 0.6) is 0 Å². The number of nitrogens with zero attached hydrogens (tertiary/aromatic N) is 3. The van der Waals surface area contributed by atoms with Gasteiger partial charge >= 0.3 is 0 Å². The van der Waals surface area contributed by atoms with Crippen LogP contribution in [0.1, 0.15) is 16.1 Å². The molecule has 0 atom stereocenters. The number of ketones is 1. The second kappa shape index (κ2) is 8.24. The molecule has 2 aromatic heterocycles. The minimum atomic E-state index is 0.0730. The zero-order valence-electron chi connectivity index (χ0n) is 16.9. The third-order valence-corrected chi connectivity index (χ3v) is 6.11. The van der Waals surface area contributed by atoms with Gasteiger partial charge in [-0.1, -0.05) is 78.5 Å². The predicted octanol–water partition coefficient (Wildman–Crippen LogP) is 5.70. The summed E-state index contributed by atoms with van der Waals surface area (Å²) in [6.07, 6.45) is 0. The van der Waals surface area contributed by atoms with Crippen LogP contribution in [0.3, 0.4) is 0 Å². The Morgan fingerprint density at radius 3 is 2.35 bits per heavy atom. The van der Waals surface area contributed by atoms with Crippen molar-refractivity contribution >= 4 is 28.4 Å². The number of hydrogen-bond donors (Lipinski definition) is 1. The average molecular weight is 425 g/mol. The van der Waals surface area contributed by atoms with E-state index < -0.39 is 0 Å². The summed E-state index contributed by atoms with van der Waals surface area (Å²) in [5.41, 5.74) is 4.56. The zero-order chi connectivity index (χ0) is 21.2. The Morgan fingerprint density at radius 2 is 1.58 bits per heavy atom. The van der Waals surface area contributed by atoms with E-state index in [-0.39, 0.29) is 11.5 Å². The number of para-hydroxylation sites is 2. The molecule has 0 aliphatic heterocycles. The van der Waals surface area contributed by atoms with E-state index in [0.717, 1.165) is 39.2 Å². The molecular weight excluding hydrogens is 404 g/mol. The van der Waals surface area contributed by atoms with E-state index in [2.05, 4.69) is 15.2 Å². The Balaban J connectivity index is 1.49. The van der Waals surface area contributed by atoms with Gasteiger partial charge in [-0.15, -0.1) is 10.2 Å². The molecule has 5 nitrogen and oxygen atoms in total. The van der Waals surface area contributed by atoms with Gasteiger partial charge in [0.05, 0.1) is 5.75 Å². The first-order valence-corrected chi connectivity index (χ1v) is 11.0. The van der Waals surface area contributed by atoms with Crippen molar-refractivity contribution in [3.63, 3.8) is 0 Å². The van der Waals surface area contributed by atoms with Gasteiger partial charge in [0, 0.05) is 33.4 Å². The van der Waals surface area contributed by atoms with Crippen LogP contribution in [0.15, 0.2) is 90.1 Å². The summed E-state index contributed by atoms with van der Waals surface area (Å²) in [5.74, 6) is 1.11. The number of aromatic nitrogens is 4. The first-order valence-electron chi connectivity index (χ1n) is 10.0. The second-order valence-corrected chi connectivity index (χ2v) is 8.17. The van der Waals surface area contributed by atoms with Gasteiger partial charge in [0.25, 0.3) is 0 Å². The number of thioether (sulfide) groups is 1. The molecule has 5 aromatic rings. The van der Waals surface area contributed by atoms with Gasteiger partial charge < -0.3 is 4.98 Å². The Kier molecular flexibility index (Phi) is 5.14. The number of carbonyl (C=O) groups is 1. The number of Topliss-reactive ketones (excluding diaryl/α,β-unsaturated/α-hetero) is 1. The molecule has 0 bridgehead atoms. The van der Waals surface area contributed by atoms with Crippen molar-refractivity contribution in [2.75, 3.05) is 5.75 Å². The number of hydrogen-bond acceptors (Lipinski definition) is 4. The quantitative estimate of drug-likeness (QED) is 0.281. The second-order valence-electron chi connectivity index (χ2n) is 7.23. The maximum atomic E-state index is 13.1. The lowest BCUT2D eigenvalue weighted by Gasteiger charge is -2.10. The van der Waals surface area contributed by atoms with Crippen LogP contribution in [-0.2, 0) is 0 Å². The lowest BCUT2D eigenvalue weighted by molar-refractivity contribution is 0.102. The van der Waals surface area contributed by atoms with E-state index in [1.807, 2.05) is 96.4 Å². The molecule has 0 fully saturated rings. The van der Waals surface area contributed by atoms with Crippen LogP contribution in [0.4, 0.5) is 0 Å². The third-order valence-electron chi connectivity index (χ3n) is 5.18. The summed E-state index contributed by atoms with van der Waals surface area (Å²) in [4.78, 5) is 16.4. The van der Waals surface area contributed by atoms with Crippen molar-refractivity contribution < 1.29 is 4.79 Å². The topological polar surface area (TPSA) is 63.6 Å².